The quantitative estimate of drug-likeness (QED) is 0.855. The van der Waals surface area contributed by atoms with Crippen molar-refractivity contribution < 1.29 is 5.11 Å². The standard InChI is InChI=1S/C15H24N2OS/c1-14(2)8-10-12(11(18)9-14)19-13(16-10)17-7-5-6-15(17,3)4/h11,18H,5-9H2,1-4H3. The van der Waals surface area contributed by atoms with Gasteiger partial charge >= 0.3 is 0 Å². The Kier molecular flexibility index (Phi) is 2.95. The largest absolute Gasteiger partial charge is 0.387 e. The van der Waals surface area contributed by atoms with E-state index >= 15 is 0 Å². The molecule has 2 heterocycles. The van der Waals surface area contributed by atoms with E-state index in [4.69, 9.17) is 4.98 Å². The molecule has 1 aromatic heterocycles. The van der Waals surface area contributed by atoms with E-state index in [9.17, 15) is 5.11 Å². The summed E-state index contributed by atoms with van der Waals surface area (Å²) in [7, 11) is 0. The third-order valence-corrected chi connectivity index (χ3v) is 5.76. The lowest BCUT2D eigenvalue weighted by atomic mass is 9.77. The molecule has 1 atom stereocenters. The Morgan fingerprint density at radius 3 is 2.68 bits per heavy atom. The fourth-order valence-electron chi connectivity index (χ4n) is 3.46. The summed E-state index contributed by atoms with van der Waals surface area (Å²) in [4.78, 5) is 8.39. The molecule has 2 aliphatic rings. The van der Waals surface area contributed by atoms with E-state index in [2.05, 4.69) is 32.6 Å². The first-order valence-electron chi connectivity index (χ1n) is 7.24. The molecular formula is C15H24N2OS. The van der Waals surface area contributed by atoms with E-state index in [0.717, 1.165) is 35.1 Å². The lowest BCUT2D eigenvalue weighted by Crippen LogP contribution is -2.38. The van der Waals surface area contributed by atoms with Crippen LogP contribution in [0.2, 0.25) is 0 Å². The number of aliphatic hydroxyl groups excluding tert-OH is 1. The number of aromatic nitrogens is 1. The maximum Gasteiger partial charge on any atom is 0.186 e. The molecule has 1 aliphatic heterocycles. The minimum absolute atomic E-state index is 0.165. The van der Waals surface area contributed by atoms with Gasteiger partial charge in [0.1, 0.15) is 0 Å². The third-order valence-electron chi connectivity index (χ3n) is 4.54. The summed E-state index contributed by atoms with van der Waals surface area (Å²) in [5.41, 5.74) is 1.51. The van der Waals surface area contributed by atoms with Crippen LogP contribution in [0.1, 0.15) is 63.6 Å². The molecule has 1 fully saturated rings. The topological polar surface area (TPSA) is 36.4 Å². The highest BCUT2D eigenvalue weighted by Gasteiger charge is 2.38. The van der Waals surface area contributed by atoms with Crippen molar-refractivity contribution in [3.05, 3.63) is 10.6 Å². The SMILES string of the molecule is CC1(C)Cc2nc(N3CCCC3(C)C)sc2C(O)C1. The van der Waals surface area contributed by atoms with Crippen molar-refractivity contribution in [3.8, 4) is 0 Å². The zero-order valence-electron chi connectivity index (χ0n) is 12.4. The van der Waals surface area contributed by atoms with Gasteiger partial charge in [0.2, 0.25) is 0 Å². The summed E-state index contributed by atoms with van der Waals surface area (Å²) in [6.45, 7) is 10.1. The van der Waals surface area contributed by atoms with E-state index in [0.29, 0.717) is 0 Å². The van der Waals surface area contributed by atoms with E-state index in [1.54, 1.807) is 11.3 Å². The van der Waals surface area contributed by atoms with Crippen LogP contribution in [0.4, 0.5) is 5.13 Å². The molecular weight excluding hydrogens is 256 g/mol. The first-order valence-corrected chi connectivity index (χ1v) is 8.05. The number of fused-ring (bicyclic) bond motifs is 1. The molecule has 0 bridgehead atoms. The van der Waals surface area contributed by atoms with Gasteiger partial charge in [-0.2, -0.15) is 0 Å². The van der Waals surface area contributed by atoms with Crippen molar-refractivity contribution >= 4 is 16.5 Å². The van der Waals surface area contributed by atoms with Gasteiger partial charge in [-0.05, 0) is 44.9 Å². The molecule has 0 spiro atoms. The van der Waals surface area contributed by atoms with Gasteiger partial charge in [-0.25, -0.2) is 4.98 Å². The highest BCUT2D eigenvalue weighted by Crippen LogP contribution is 2.46. The Hall–Kier alpha value is -0.610. The molecule has 3 nitrogen and oxygen atoms in total. The predicted molar refractivity (Wildman–Crippen MR) is 79.8 cm³/mol. The number of anilines is 1. The van der Waals surface area contributed by atoms with Gasteiger partial charge in [-0.15, -0.1) is 0 Å². The number of hydrogen-bond donors (Lipinski definition) is 1. The van der Waals surface area contributed by atoms with Gasteiger partial charge < -0.3 is 10.0 Å². The summed E-state index contributed by atoms with van der Waals surface area (Å²) in [6.07, 6.45) is 3.99. The van der Waals surface area contributed by atoms with E-state index in [1.165, 1.54) is 12.8 Å². The fraction of sp³-hybridized carbons (Fsp3) is 0.800. The number of thiazole rings is 1. The van der Waals surface area contributed by atoms with Crippen LogP contribution >= 0.6 is 11.3 Å². The molecule has 0 saturated carbocycles. The highest BCUT2D eigenvalue weighted by molar-refractivity contribution is 7.15. The summed E-state index contributed by atoms with van der Waals surface area (Å²) in [5.74, 6) is 0. The second-order valence-electron chi connectivity index (χ2n) is 7.44. The second kappa shape index (κ2) is 4.19. The molecule has 19 heavy (non-hydrogen) atoms. The van der Waals surface area contributed by atoms with Crippen molar-refractivity contribution in [2.45, 2.75) is 65.0 Å². The average molecular weight is 280 g/mol. The van der Waals surface area contributed by atoms with Crippen LogP contribution in [0.15, 0.2) is 0 Å². The summed E-state index contributed by atoms with van der Waals surface area (Å²) < 4.78 is 0. The number of aliphatic hydroxyl groups is 1. The minimum atomic E-state index is -0.323. The maximum absolute atomic E-state index is 10.3. The maximum atomic E-state index is 10.3. The molecule has 1 aromatic rings. The van der Waals surface area contributed by atoms with Crippen molar-refractivity contribution in [2.75, 3.05) is 11.4 Å². The smallest absolute Gasteiger partial charge is 0.186 e. The Morgan fingerprint density at radius 1 is 1.32 bits per heavy atom. The average Bonchev–Trinajstić information content (AvgIpc) is 2.79. The van der Waals surface area contributed by atoms with Crippen molar-refractivity contribution in [3.63, 3.8) is 0 Å². The van der Waals surface area contributed by atoms with Crippen LogP contribution in [0.3, 0.4) is 0 Å². The van der Waals surface area contributed by atoms with Crippen molar-refractivity contribution in [2.24, 2.45) is 5.41 Å². The molecule has 3 rings (SSSR count). The molecule has 4 heteroatoms. The van der Waals surface area contributed by atoms with Gasteiger partial charge in [0, 0.05) is 12.1 Å². The monoisotopic (exact) mass is 280 g/mol. The molecule has 0 aromatic carbocycles. The normalized spacial score (nSPS) is 28.5. The van der Waals surface area contributed by atoms with Crippen LogP contribution in [-0.4, -0.2) is 22.2 Å². The van der Waals surface area contributed by atoms with Crippen molar-refractivity contribution in [1.29, 1.82) is 0 Å². The van der Waals surface area contributed by atoms with Crippen LogP contribution < -0.4 is 4.90 Å². The van der Waals surface area contributed by atoms with Gasteiger partial charge in [0.25, 0.3) is 0 Å². The lowest BCUT2D eigenvalue weighted by Gasteiger charge is -2.31. The van der Waals surface area contributed by atoms with E-state index in [1.807, 2.05) is 0 Å². The Bertz CT molecular complexity index is 492. The molecule has 0 amide bonds. The molecule has 1 unspecified atom stereocenters. The molecule has 0 radical (unpaired) electrons. The van der Waals surface area contributed by atoms with Crippen LogP contribution in [-0.2, 0) is 6.42 Å². The first kappa shape index (κ1) is 13.4. The number of rotatable bonds is 1. The van der Waals surface area contributed by atoms with E-state index < -0.39 is 0 Å². The predicted octanol–water partition coefficient (Wildman–Crippen LogP) is 3.53. The fourth-order valence-corrected chi connectivity index (χ4v) is 4.71. The summed E-state index contributed by atoms with van der Waals surface area (Å²) in [5, 5.41) is 11.5. The minimum Gasteiger partial charge on any atom is -0.387 e. The van der Waals surface area contributed by atoms with Crippen LogP contribution in [0.25, 0.3) is 0 Å². The van der Waals surface area contributed by atoms with Crippen LogP contribution in [0.5, 0.6) is 0 Å². The molecule has 1 saturated heterocycles. The molecule has 106 valence electrons. The van der Waals surface area contributed by atoms with Gasteiger partial charge in [0.05, 0.1) is 16.7 Å². The zero-order valence-corrected chi connectivity index (χ0v) is 13.2. The zero-order chi connectivity index (χ0) is 13.8. The van der Waals surface area contributed by atoms with Gasteiger partial charge in [0.15, 0.2) is 5.13 Å². The third kappa shape index (κ3) is 2.29. The van der Waals surface area contributed by atoms with E-state index in [-0.39, 0.29) is 17.1 Å². The van der Waals surface area contributed by atoms with Crippen molar-refractivity contribution in [1.82, 2.24) is 4.98 Å². The summed E-state index contributed by atoms with van der Waals surface area (Å²) >= 11 is 1.71. The number of hydrogen-bond acceptors (Lipinski definition) is 4. The summed E-state index contributed by atoms with van der Waals surface area (Å²) in [6, 6.07) is 0. The van der Waals surface area contributed by atoms with Crippen LogP contribution in [0, 0.1) is 5.41 Å². The highest BCUT2D eigenvalue weighted by atomic mass is 32.1. The van der Waals surface area contributed by atoms with Gasteiger partial charge in [-0.1, -0.05) is 25.2 Å². The Labute approximate surface area is 119 Å². The molecule has 1 aliphatic carbocycles. The lowest BCUT2D eigenvalue weighted by molar-refractivity contribution is 0.102. The number of nitrogens with zero attached hydrogens (tertiary/aromatic N) is 2. The second-order valence-corrected chi connectivity index (χ2v) is 8.45. The first-order chi connectivity index (χ1) is 8.78. The Balaban J connectivity index is 1.95. The van der Waals surface area contributed by atoms with Gasteiger partial charge in [-0.3, -0.25) is 0 Å². The Morgan fingerprint density at radius 2 is 2.05 bits per heavy atom. The molecule has 1 N–H and O–H groups in total.